The van der Waals surface area contributed by atoms with Gasteiger partial charge in [-0.2, -0.15) is 13.2 Å². The molecule has 0 aliphatic carbocycles. The van der Waals surface area contributed by atoms with E-state index in [1.54, 1.807) is 0 Å². The van der Waals surface area contributed by atoms with Crippen molar-refractivity contribution in [3.8, 4) is 0 Å². The van der Waals surface area contributed by atoms with Gasteiger partial charge in [-0.3, -0.25) is 4.79 Å². The van der Waals surface area contributed by atoms with Crippen LogP contribution >= 0.6 is 11.6 Å². The van der Waals surface area contributed by atoms with E-state index in [0.717, 1.165) is 12.1 Å². The van der Waals surface area contributed by atoms with E-state index >= 15 is 0 Å². The van der Waals surface area contributed by atoms with Gasteiger partial charge in [0.25, 0.3) is 0 Å². The van der Waals surface area contributed by atoms with E-state index in [0.29, 0.717) is 0 Å². The average Bonchev–Trinajstić information content (AvgIpc) is 2.16. The maximum absolute atomic E-state index is 12.6. The summed E-state index contributed by atoms with van der Waals surface area (Å²) in [5.74, 6) is -0.619. The van der Waals surface area contributed by atoms with Crippen LogP contribution in [0.25, 0.3) is 0 Å². The quantitative estimate of drug-likeness (QED) is 0.837. The maximum atomic E-state index is 12.6. The van der Waals surface area contributed by atoms with Crippen LogP contribution < -0.4 is 5.32 Å². The molecule has 0 heterocycles. The molecule has 0 fully saturated rings. The second kappa shape index (κ2) is 4.84. The molecule has 88 valence electrons. The molecule has 0 unspecified atom stereocenters. The lowest BCUT2D eigenvalue weighted by Crippen LogP contribution is -2.22. The Labute approximate surface area is 95.4 Å². The summed E-state index contributed by atoms with van der Waals surface area (Å²) in [5.41, 5.74) is -1.37. The van der Waals surface area contributed by atoms with Crippen molar-refractivity contribution in [2.24, 2.45) is 0 Å². The predicted octanol–water partition coefficient (Wildman–Crippen LogP) is 2.76. The van der Waals surface area contributed by atoms with Crippen molar-refractivity contribution in [1.82, 2.24) is 5.32 Å². The number of halogens is 4. The molecule has 2 nitrogen and oxygen atoms in total. The fourth-order valence-corrected chi connectivity index (χ4v) is 1.42. The zero-order valence-corrected chi connectivity index (χ0v) is 9.12. The molecule has 0 amide bonds. The highest BCUT2D eigenvalue weighted by Crippen LogP contribution is 2.33. The van der Waals surface area contributed by atoms with Crippen LogP contribution in [0.4, 0.5) is 13.2 Å². The van der Waals surface area contributed by atoms with Crippen molar-refractivity contribution in [3.05, 3.63) is 34.3 Å². The largest absolute Gasteiger partial charge is 0.417 e. The molecule has 16 heavy (non-hydrogen) atoms. The van der Waals surface area contributed by atoms with Crippen molar-refractivity contribution >= 4 is 17.4 Å². The maximum Gasteiger partial charge on any atom is 0.417 e. The van der Waals surface area contributed by atoms with Gasteiger partial charge in [0.05, 0.1) is 12.1 Å². The Bertz CT molecular complexity index is 404. The summed E-state index contributed by atoms with van der Waals surface area (Å²) in [5, 5.41) is 2.46. The second-order valence-electron chi connectivity index (χ2n) is 3.14. The van der Waals surface area contributed by atoms with Crippen LogP contribution in [0.3, 0.4) is 0 Å². The molecule has 1 rings (SSSR count). The van der Waals surface area contributed by atoms with E-state index < -0.39 is 17.5 Å². The van der Waals surface area contributed by atoms with Crippen molar-refractivity contribution in [3.63, 3.8) is 0 Å². The Balaban J connectivity index is 3.23. The number of Topliss-reactive ketones (excluding diaryl/α,β-unsaturated/α-hetero) is 1. The number of likely N-dealkylation sites (N-methyl/N-ethyl adjacent to an activating group) is 1. The number of benzene rings is 1. The molecule has 1 aromatic rings. The fourth-order valence-electron chi connectivity index (χ4n) is 1.25. The van der Waals surface area contributed by atoms with Gasteiger partial charge in [0, 0.05) is 10.6 Å². The van der Waals surface area contributed by atoms with E-state index in [9.17, 15) is 18.0 Å². The summed E-state index contributed by atoms with van der Waals surface area (Å²) < 4.78 is 37.8. The Hall–Kier alpha value is -1.07. The van der Waals surface area contributed by atoms with Crippen LogP contribution in [0.1, 0.15) is 15.9 Å². The second-order valence-corrected chi connectivity index (χ2v) is 3.58. The molecular formula is C10H9ClF3NO. The highest BCUT2D eigenvalue weighted by molar-refractivity contribution is 6.30. The van der Waals surface area contributed by atoms with Crippen LogP contribution in [0.15, 0.2) is 18.2 Å². The van der Waals surface area contributed by atoms with Crippen LogP contribution in [0.5, 0.6) is 0 Å². The Kier molecular flexibility index (Phi) is 3.93. The van der Waals surface area contributed by atoms with Crippen LogP contribution in [-0.4, -0.2) is 19.4 Å². The third-order valence-electron chi connectivity index (χ3n) is 1.92. The first kappa shape index (κ1) is 13.0. The standard InChI is InChI=1S/C10H9ClF3NO/c1-15-5-9(16)7-3-2-6(11)4-8(7)10(12,13)14/h2-4,15H,5H2,1H3. The van der Waals surface area contributed by atoms with E-state index in [1.807, 2.05) is 0 Å². The number of hydrogen-bond acceptors (Lipinski definition) is 2. The third kappa shape index (κ3) is 2.96. The SMILES string of the molecule is CNCC(=O)c1ccc(Cl)cc1C(F)(F)F. The van der Waals surface area contributed by atoms with E-state index in [4.69, 9.17) is 11.6 Å². The summed E-state index contributed by atoms with van der Waals surface area (Å²) in [6.45, 7) is -0.148. The summed E-state index contributed by atoms with van der Waals surface area (Å²) in [4.78, 5) is 11.4. The summed E-state index contributed by atoms with van der Waals surface area (Å²) >= 11 is 5.48. The molecule has 0 radical (unpaired) electrons. The van der Waals surface area contributed by atoms with Crippen LogP contribution in [0, 0.1) is 0 Å². The van der Waals surface area contributed by atoms with Gasteiger partial charge in [-0.25, -0.2) is 0 Å². The summed E-state index contributed by atoms with van der Waals surface area (Å²) in [6, 6.07) is 3.11. The first-order valence-corrected chi connectivity index (χ1v) is 4.78. The molecule has 0 saturated heterocycles. The van der Waals surface area contributed by atoms with Gasteiger partial charge in [-0.15, -0.1) is 0 Å². The summed E-state index contributed by atoms with van der Waals surface area (Å²) in [7, 11) is 1.49. The number of alkyl halides is 3. The third-order valence-corrected chi connectivity index (χ3v) is 2.16. The number of ketones is 1. The minimum absolute atomic E-state index is 0.0478. The minimum Gasteiger partial charge on any atom is -0.313 e. The predicted molar refractivity (Wildman–Crippen MR) is 54.7 cm³/mol. The summed E-state index contributed by atoms with van der Waals surface area (Å²) in [6.07, 6.45) is -4.58. The van der Waals surface area contributed by atoms with Crippen molar-refractivity contribution in [1.29, 1.82) is 0 Å². The van der Waals surface area contributed by atoms with Crippen molar-refractivity contribution in [2.75, 3.05) is 13.6 Å². The van der Waals surface area contributed by atoms with Crippen LogP contribution in [0.2, 0.25) is 5.02 Å². The Morgan fingerprint density at radius 2 is 2.06 bits per heavy atom. The lowest BCUT2D eigenvalue weighted by molar-refractivity contribution is -0.137. The zero-order valence-electron chi connectivity index (χ0n) is 8.36. The molecule has 1 N–H and O–H groups in total. The topological polar surface area (TPSA) is 29.1 Å². The fraction of sp³-hybridized carbons (Fsp3) is 0.300. The molecule has 1 aromatic carbocycles. The van der Waals surface area contributed by atoms with Crippen molar-refractivity contribution in [2.45, 2.75) is 6.18 Å². The Morgan fingerprint density at radius 3 is 2.56 bits per heavy atom. The number of hydrogen-bond donors (Lipinski definition) is 1. The number of rotatable bonds is 3. The van der Waals surface area contributed by atoms with E-state index in [2.05, 4.69) is 5.32 Å². The lowest BCUT2D eigenvalue weighted by atomic mass is 10.0. The molecule has 0 bridgehead atoms. The highest BCUT2D eigenvalue weighted by Gasteiger charge is 2.35. The molecular weight excluding hydrogens is 243 g/mol. The lowest BCUT2D eigenvalue weighted by Gasteiger charge is -2.12. The van der Waals surface area contributed by atoms with E-state index in [-0.39, 0.29) is 17.1 Å². The van der Waals surface area contributed by atoms with Gasteiger partial charge in [0.15, 0.2) is 5.78 Å². The highest BCUT2D eigenvalue weighted by atomic mass is 35.5. The van der Waals surface area contributed by atoms with Gasteiger partial charge in [0.1, 0.15) is 0 Å². The molecule has 6 heteroatoms. The molecule has 0 spiro atoms. The van der Waals surface area contributed by atoms with Gasteiger partial charge in [-0.05, 0) is 25.2 Å². The average molecular weight is 252 g/mol. The van der Waals surface area contributed by atoms with Crippen molar-refractivity contribution < 1.29 is 18.0 Å². The smallest absolute Gasteiger partial charge is 0.313 e. The minimum atomic E-state index is -4.58. The Morgan fingerprint density at radius 1 is 1.44 bits per heavy atom. The number of carbonyl (C=O) groups is 1. The van der Waals surface area contributed by atoms with Gasteiger partial charge < -0.3 is 5.32 Å². The molecule has 0 atom stereocenters. The first-order chi connectivity index (χ1) is 7.36. The van der Waals surface area contributed by atoms with E-state index in [1.165, 1.54) is 13.1 Å². The molecule has 0 aliphatic rings. The van der Waals surface area contributed by atoms with Gasteiger partial charge in [-0.1, -0.05) is 11.6 Å². The number of carbonyl (C=O) groups excluding carboxylic acids is 1. The first-order valence-electron chi connectivity index (χ1n) is 4.41. The molecule has 0 saturated carbocycles. The molecule has 0 aliphatic heterocycles. The normalized spacial score (nSPS) is 11.6. The zero-order chi connectivity index (χ0) is 12.3. The van der Waals surface area contributed by atoms with Gasteiger partial charge >= 0.3 is 6.18 Å². The molecule has 0 aromatic heterocycles. The van der Waals surface area contributed by atoms with Gasteiger partial charge in [0.2, 0.25) is 0 Å². The van der Waals surface area contributed by atoms with Crippen LogP contribution in [-0.2, 0) is 6.18 Å². The monoisotopic (exact) mass is 251 g/mol. The number of nitrogens with one attached hydrogen (secondary N) is 1.